The molecule has 2 aliphatic carbocycles. The van der Waals surface area contributed by atoms with Gasteiger partial charge in [-0.1, -0.05) is 39.5 Å². The van der Waals surface area contributed by atoms with E-state index in [1.807, 2.05) is 0 Å². The van der Waals surface area contributed by atoms with E-state index in [9.17, 15) is 4.79 Å². The van der Waals surface area contributed by atoms with Crippen LogP contribution in [-0.4, -0.2) is 11.1 Å². The highest BCUT2D eigenvalue weighted by Gasteiger charge is 2.61. The molecule has 0 heterocycles. The zero-order valence-electron chi connectivity index (χ0n) is 9.12. The van der Waals surface area contributed by atoms with E-state index >= 15 is 0 Å². The monoisotopic (exact) mass is 196 g/mol. The Morgan fingerprint density at radius 1 is 1.36 bits per heavy atom. The first-order valence-corrected chi connectivity index (χ1v) is 5.76. The van der Waals surface area contributed by atoms with Gasteiger partial charge in [0.2, 0.25) is 0 Å². The van der Waals surface area contributed by atoms with Crippen LogP contribution >= 0.6 is 0 Å². The second kappa shape index (κ2) is 3.25. The molecule has 2 fully saturated rings. The van der Waals surface area contributed by atoms with Gasteiger partial charge in [0.05, 0.1) is 5.92 Å². The summed E-state index contributed by atoms with van der Waals surface area (Å²) in [6, 6.07) is 0. The number of carboxylic acid groups (broad SMARTS) is 1. The van der Waals surface area contributed by atoms with Crippen LogP contribution in [0.4, 0.5) is 0 Å². The molecule has 2 aliphatic rings. The zero-order valence-corrected chi connectivity index (χ0v) is 9.12. The van der Waals surface area contributed by atoms with Crippen LogP contribution in [-0.2, 0) is 4.79 Å². The minimum Gasteiger partial charge on any atom is -0.481 e. The molecular weight excluding hydrogens is 176 g/mol. The lowest BCUT2D eigenvalue weighted by atomic mass is 9.97. The van der Waals surface area contributed by atoms with Crippen LogP contribution in [0.15, 0.2) is 0 Å². The fraction of sp³-hybridized carbons (Fsp3) is 0.917. The molecule has 0 amide bonds. The van der Waals surface area contributed by atoms with Crippen LogP contribution in [0.2, 0.25) is 0 Å². The van der Waals surface area contributed by atoms with Gasteiger partial charge < -0.3 is 5.11 Å². The maximum atomic E-state index is 11.0. The standard InChI is InChI=1S/C12H20O2/c1-12(2)9(10(12)11(13)14)7-8-5-3-4-6-8/h8-10H,3-7H2,1-2H3,(H,13,14)/t9-,10+/m1/s1. The minimum atomic E-state index is -0.585. The van der Waals surface area contributed by atoms with Crippen LogP contribution in [0.5, 0.6) is 0 Å². The van der Waals surface area contributed by atoms with E-state index in [4.69, 9.17) is 5.11 Å². The molecular formula is C12H20O2. The van der Waals surface area contributed by atoms with E-state index in [0.717, 1.165) is 12.3 Å². The molecule has 0 aromatic rings. The van der Waals surface area contributed by atoms with Crippen molar-refractivity contribution < 1.29 is 9.90 Å². The third kappa shape index (κ3) is 1.55. The maximum Gasteiger partial charge on any atom is 0.307 e. The van der Waals surface area contributed by atoms with Gasteiger partial charge in [0.25, 0.3) is 0 Å². The fourth-order valence-electron chi connectivity index (χ4n) is 3.28. The van der Waals surface area contributed by atoms with E-state index in [1.54, 1.807) is 0 Å². The van der Waals surface area contributed by atoms with E-state index in [2.05, 4.69) is 13.8 Å². The number of hydrogen-bond donors (Lipinski definition) is 1. The normalized spacial score (nSPS) is 35.9. The summed E-state index contributed by atoms with van der Waals surface area (Å²) in [4.78, 5) is 11.0. The predicted molar refractivity (Wildman–Crippen MR) is 55.0 cm³/mol. The first-order chi connectivity index (χ1) is 6.53. The van der Waals surface area contributed by atoms with E-state index in [-0.39, 0.29) is 11.3 Å². The van der Waals surface area contributed by atoms with Crippen molar-refractivity contribution in [1.82, 2.24) is 0 Å². The van der Waals surface area contributed by atoms with E-state index < -0.39 is 5.97 Å². The molecule has 0 bridgehead atoms. The van der Waals surface area contributed by atoms with Crippen molar-refractivity contribution in [3.05, 3.63) is 0 Å². The molecule has 0 aliphatic heterocycles. The lowest BCUT2D eigenvalue weighted by molar-refractivity contribution is -0.139. The van der Waals surface area contributed by atoms with Crippen molar-refractivity contribution in [2.24, 2.45) is 23.2 Å². The smallest absolute Gasteiger partial charge is 0.307 e. The highest BCUT2D eigenvalue weighted by Crippen LogP contribution is 2.61. The van der Waals surface area contributed by atoms with E-state index in [0.29, 0.717) is 5.92 Å². The number of rotatable bonds is 3. The van der Waals surface area contributed by atoms with Crippen LogP contribution in [0.3, 0.4) is 0 Å². The second-order valence-corrected chi connectivity index (χ2v) is 5.63. The largest absolute Gasteiger partial charge is 0.481 e. The second-order valence-electron chi connectivity index (χ2n) is 5.63. The van der Waals surface area contributed by atoms with Gasteiger partial charge in [-0.05, 0) is 23.7 Å². The summed E-state index contributed by atoms with van der Waals surface area (Å²) in [5.41, 5.74) is 0.0639. The highest BCUT2D eigenvalue weighted by atomic mass is 16.4. The average molecular weight is 196 g/mol. The maximum absolute atomic E-state index is 11.0. The summed E-state index contributed by atoms with van der Waals surface area (Å²) >= 11 is 0. The van der Waals surface area contributed by atoms with Crippen LogP contribution in [0, 0.1) is 23.2 Å². The molecule has 0 radical (unpaired) electrons. The Hall–Kier alpha value is -0.530. The van der Waals surface area contributed by atoms with Gasteiger partial charge in [0, 0.05) is 0 Å². The first kappa shape index (κ1) is 10.0. The molecule has 0 spiro atoms. The third-order valence-electron chi connectivity index (χ3n) is 4.38. The first-order valence-electron chi connectivity index (χ1n) is 5.76. The molecule has 0 aromatic carbocycles. The van der Waals surface area contributed by atoms with Gasteiger partial charge in [-0.2, -0.15) is 0 Å². The van der Waals surface area contributed by atoms with Gasteiger partial charge in [0.15, 0.2) is 0 Å². The summed E-state index contributed by atoms with van der Waals surface area (Å²) in [6.07, 6.45) is 6.53. The topological polar surface area (TPSA) is 37.3 Å². The third-order valence-corrected chi connectivity index (χ3v) is 4.38. The zero-order chi connectivity index (χ0) is 10.3. The van der Waals surface area contributed by atoms with Crippen molar-refractivity contribution in [1.29, 1.82) is 0 Å². The van der Waals surface area contributed by atoms with Gasteiger partial charge in [-0.3, -0.25) is 4.79 Å². The van der Waals surface area contributed by atoms with Crippen LogP contribution in [0.1, 0.15) is 46.0 Å². The molecule has 2 atom stereocenters. The van der Waals surface area contributed by atoms with Crippen molar-refractivity contribution >= 4 is 5.97 Å². The Bertz CT molecular complexity index is 239. The molecule has 14 heavy (non-hydrogen) atoms. The average Bonchev–Trinajstić information content (AvgIpc) is 2.50. The van der Waals surface area contributed by atoms with Crippen molar-refractivity contribution in [2.45, 2.75) is 46.0 Å². The number of carboxylic acids is 1. The van der Waals surface area contributed by atoms with Gasteiger partial charge in [-0.15, -0.1) is 0 Å². The lowest BCUT2D eigenvalue weighted by Gasteiger charge is -2.08. The molecule has 0 unspecified atom stereocenters. The molecule has 2 rings (SSSR count). The molecule has 2 nitrogen and oxygen atoms in total. The molecule has 0 aromatic heterocycles. The summed E-state index contributed by atoms with van der Waals surface area (Å²) in [6.45, 7) is 4.21. The van der Waals surface area contributed by atoms with Gasteiger partial charge in [-0.25, -0.2) is 0 Å². The Kier molecular flexibility index (Phi) is 2.32. The van der Waals surface area contributed by atoms with Gasteiger partial charge >= 0.3 is 5.97 Å². The SMILES string of the molecule is CC1(C)[C@H](CC2CCCC2)[C@H]1C(=O)O. The number of hydrogen-bond acceptors (Lipinski definition) is 1. The summed E-state index contributed by atoms with van der Waals surface area (Å²) in [5.74, 6) is 0.618. The molecule has 80 valence electrons. The number of aliphatic carboxylic acids is 1. The van der Waals surface area contributed by atoms with Crippen molar-refractivity contribution in [3.63, 3.8) is 0 Å². The fourth-order valence-corrected chi connectivity index (χ4v) is 3.28. The molecule has 2 saturated carbocycles. The predicted octanol–water partition coefficient (Wildman–Crippen LogP) is 2.92. The highest BCUT2D eigenvalue weighted by molar-refractivity contribution is 5.75. The number of carbonyl (C=O) groups is 1. The summed E-state index contributed by atoms with van der Waals surface area (Å²) < 4.78 is 0. The lowest BCUT2D eigenvalue weighted by Crippen LogP contribution is -2.03. The summed E-state index contributed by atoms with van der Waals surface area (Å²) in [5, 5.41) is 9.03. The van der Waals surface area contributed by atoms with Gasteiger partial charge in [0.1, 0.15) is 0 Å². The van der Waals surface area contributed by atoms with Crippen molar-refractivity contribution in [2.75, 3.05) is 0 Å². The Morgan fingerprint density at radius 2 is 1.93 bits per heavy atom. The molecule has 2 heteroatoms. The molecule has 0 saturated heterocycles. The summed E-state index contributed by atoms with van der Waals surface area (Å²) in [7, 11) is 0. The molecule has 1 N–H and O–H groups in total. The minimum absolute atomic E-state index is 0.0639. The Labute approximate surface area is 85.7 Å². The van der Waals surface area contributed by atoms with Crippen LogP contribution < -0.4 is 0 Å². The Morgan fingerprint density at radius 3 is 2.36 bits per heavy atom. The van der Waals surface area contributed by atoms with Crippen molar-refractivity contribution in [3.8, 4) is 0 Å². The van der Waals surface area contributed by atoms with E-state index in [1.165, 1.54) is 25.7 Å². The quantitative estimate of drug-likeness (QED) is 0.753. The van der Waals surface area contributed by atoms with Crippen LogP contribution in [0.25, 0.3) is 0 Å². The Balaban J connectivity index is 1.90.